The van der Waals surface area contributed by atoms with Gasteiger partial charge in [0.15, 0.2) is 12.0 Å². The van der Waals surface area contributed by atoms with Gasteiger partial charge in [0.1, 0.15) is 5.82 Å². The van der Waals surface area contributed by atoms with Crippen LogP contribution in [0, 0.1) is 5.82 Å². The van der Waals surface area contributed by atoms with Crippen LogP contribution in [0.2, 0.25) is 0 Å². The number of nitrogens with one attached hydrogen (secondary N) is 2. The molecule has 1 fully saturated rings. The SMILES string of the molecule is O=C1NC(NC2CC2)=NC1c1ccc(Br)c(F)c1. The predicted octanol–water partition coefficient (Wildman–Crippen LogP) is 1.87. The van der Waals surface area contributed by atoms with Gasteiger partial charge in [-0.25, -0.2) is 9.38 Å². The summed E-state index contributed by atoms with van der Waals surface area (Å²) in [6.07, 6.45) is 2.21. The molecule has 1 amide bonds. The van der Waals surface area contributed by atoms with Crippen molar-refractivity contribution < 1.29 is 9.18 Å². The van der Waals surface area contributed by atoms with Crippen LogP contribution < -0.4 is 10.6 Å². The number of carbonyl (C=O) groups excluding carboxylic acids is 1. The molecule has 1 aliphatic heterocycles. The van der Waals surface area contributed by atoms with Crippen molar-refractivity contribution in [1.82, 2.24) is 10.6 Å². The van der Waals surface area contributed by atoms with E-state index in [1.165, 1.54) is 6.07 Å². The topological polar surface area (TPSA) is 53.5 Å². The van der Waals surface area contributed by atoms with Gasteiger partial charge in [-0.2, -0.15) is 0 Å². The summed E-state index contributed by atoms with van der Waals surface area (Å²) in [6, 6.07) is 4.37. The maximum Gasteiger partial charge on any atom is 0.256 e. The molecule has 4 nitrogen and oxygen atoms in total. The summed E-state index contributed by atoms with van der Waals surface area (Å²) >= 11 is 3.08. The lowest BCUT2D eigenvalue weighted by Gasteiger charge is -2.05. The number of carbonyl (C=O) groups is 1. The van der Waals surface area contributed by atoms with Crippen LogP contribution >= 0.6 is 15.9 Å². The van der Waals surface area contributed by atoms with Crippen LogP contribution in [0.25, 0.3) is 0 Å². The molecule has 0 spiro atoms. The Balaban J connectivity index is 1.83. The number of hydrogen-bond donors (Lipinski definition) is 2. The minimum Gasteiger partial charge on any atom is -0.353 e. The summed E-state index contributed by atoms with van der Waals surface area (Å²) in [6.45, 7) is 0. The van der Waals surface area contributed by atoms with E-state index in [4.69, 9.17) is 0 Å². The number of aliphatic imine (C=N–C) groups is 1. The van der Waals surface area contributed by atoms with E-state index in [0.717, 1.165) is 12.8 Å². The van der Waals surface area contributed by atoms with Crippen LogP contribution in [-0.4, -0.2) is 17.9 Å². The van der Waals surface area contributed by atoms with Crippen LogP contribution in [0.3, 0.4) is 0 Å². The van der Waals surface area contributed by atoms with Crippen molar-refractivity contribution in [1.29, 1.82) is 0 Å². The largest absolute Gasteiger partial charge is 0.353 e. The molecule has 3 rings (SSSR count). The van der Waals surface area contributed by atoms with Gasteiger partial charge >= 0.3 is 0 Å². The number of nitrogens with zero attached hydrogens (tertiary/aromatic N) is 1. The minimum absolute atomic E-state index is 0.222. The van der Waals surface area contributed by atoms with Gasteiger partial charge in [0.05, 0.1) is 4.47 Å². The molecule has 1 atom stereocenters. The third-order valence-corrected chi connectivity index (χ3v) is 3.57. The fourth-order valence-corrected chi connectivity index (χ4v) is 2.05. The number of halogens is 2. The Morgan fingerprint density at radius 1 is 1.44 bits per heavy atom. The number of benzene rings is 1. The Morgan fingerprint density at radius 2 is 2.22 bits per heavy atom. The van der Waals surface area contributed by atoms with Crippen molar-refractivity contribution in [3.05, 3.63) is 34.1 Å². The Kier molecular flexibility index (Phi) is 2.81. The Bertz CT molecular complexity index is 542. The van der Waals surface area contributed by atoms with Crippen molar-refractivity contribution in [2.75, 3.05) is 0 Å². The molecule has 18 heavy (non-hydrogen) atoms. The first-order valence-electron chi connectivity index (χ1n) is 5.73. The summed E-state index contributed by atoms with van der Waals surface area (Å²) in [5, 5.41) is 5.80. The third-order valence-electron chi connectivity index (χ3n) is 2.93. The fourth-order valence-electron chi connectivity index (χ4n) is 1.81. The van der Waals surface area contributed by atoms with Crippen LogP contribution in [0.15, 0.2) is 27.7 Å². The monoisotopic (exact) mass is 311 g/mol. The molecular weight excluding hydrogens is 301 g/mol. The molecule has 1 aromatic rings. The number of guanidine groups is 1. The average molecular weight is 312 g/mol. The lowest BCUT2D eigenvalue weighted by Crippen LogP contribution is -2.37. The number of amides is 1. The summed E-state index contributed by atoms with van der Waals surface area (Å²) in [4.78, 5) is 16.0. The highest BCUT2D eigenvalue weighted by molar-refractivity contribution is 9.10. The second-order valence-electron chi connectivity index (χ2n) is 4.46. The molecule has 2 aliphatic rings. The standard InChI is InChI=1S/C12H11BrFN3O/c13-8-4-1-6(5-9(8)14)10-11(18)17-12(16-10)15-7-2-3-7/h1,4-5,7,10H,2-3H2,(H2,15,16,17,18). The van der Waals surface area contributed by atoms with Crippen molar-refractivity contribution in [2.24, 2.45) is 4.99 Å². The van der Waals surface area contributed by atoms with E-state index in [1.54, 1.807) is 12.1 Å². The van der Waals surface area contributed by atoms with Gasteiger partial charge in [-0.3, -0.25) is 10.1 Å². The summed E-state index contributed by atoms with van der Waals surface area (Å²) in [5.41, 5.74) is 0.556. The number of rotatable bonds is 2. The van der Waals surface area contributed by atoms with Crippen LogP contribution in [0.5, 0.6) is 0 Å². The first-order valence-corrected chi connectivity index (χ1v) is 6.53. The zero-order valence-electron chi connectivity index (χ0n) is 9.41. The second-order valence-corrected chi connectivity index (χ2v) is 5.32. The second kappa shape index (κ2) is 4.35. The quantitative estimate of drug-likeness (QED) is 0.876. The molecule has 0 bridgehead atoms. The molecule has 1 aromatic carbocycles. The van der Waals surface area contributed by atoms with E-state index in [0.29, 0.717) is 22.0 Å². The molecule has 2 N–H and O–H groups in total. The van der Waals surface area contributed by atoms with Gasteiger partial charge in [0.25, 0.3) is 5.91 Å². The maximum atomic E-state index is 13.4. The van der Waals surface area contributed by atoms with Gasteiger partial charge in [-0.1, -0.05) is 6.07 Å². The molecule has 1 aliphatic carbocycles. The molecule has 1 unspecified atom stereocenters. The van der Waals surface area contributed by atoms with Crippen molar-refractivity contribution in [3.8, 4) is 0 Å². The first kappa shape index (κ1) is 11.6. The van der Waals surface area contributed by atoms with Crippen molar-refractivity contribution in [3.63, 3.8) is 0 Å². The van der Waals surface area contributed by atoms with E-state index >= 15 is 0 Å². The van der Waals surface area contributed by atoms with E-state index in [-0.39, 0.29) is 11.7 Å². The Hall–Kier alpha value is -1.43. The predicted molar refractivity (Wildman–Crippen MR) is 68.6 cm³/mol. The highest BCUT2D eigenvalue weighted by atomic mass is 79.9. The highest BCUT2D eigenvalue weighted by Gasteiger charge is 2.31. The van der Waals surface area contributed by atoms with E-state index in [9.17, 15) is 9.18 Å². The van der Waals surface area contributed by atoms with E-state index < -0.39 is 6.04 Å². The Labute approximate surface area is 112 Å². The molecule has 0 saturated heterocycles. The van der Waals surface area contributed by atoms with Crippen LogP contribution in [0.1, 0.15) is 24.4 Å². The normalized spacial score (nSPS) is 22.7. The molecule has 1 saturated carbocycles. The molecule has 1 heterocycles. The van der Waals surface area contributed by atoms with Crippen molar-refractivity contribution >= 4 is 27.8 Å². The Morgan fingerprint density at radius 3 is 2.89 bits per heavy atom. The van der Waals surface area contributed by atoms with Crippen LogP contribution in [-0.2, 0) is 4.79 Å². The van der Waals surface area contributed by atoms with Gasteiger partial charge in [-0.15, -0.1) is 0 Å². The minimum atomic E-state index is -0.658. The summed E-state index contributed by atoms with van der Waals surface area (Å²) in [7, 11) is 0. The number of hydrogen-bond acceptors (Lipinski definition) is 3. The van der Waals surface area contributed by atoms with Gasteiger partial charge in [0, 0.05) is 6.04 Å². The lowest BCUT2D eigenvalue weighted by molar-refractivity contribution is -0.120. The molecule has 94 valence electrons. The van der Waals surface area contributed by atoms with Crippen molar-refractivity contribution in [2.45, 2.75) is 24.9 Å². The van der Waals surface area contributed by atoms with Gasteiger partial charge in [-0.05, 0) is 46.5 Å². The molecule has 0 radical (unpaired) electrons. The smallest absolute Gasteiger partial charge is 0.256 e. The zero-order valence-corrected chi connectivity index (χ0v) is 11.0. The average Bonchev–Trinajstić information content (AvgIpc) is 3.06. The summed E-state index contributed by atoms with van der Waals surface area (Å²) < 4.78 is 13.8. The third kappa shape index (κ3) is 2.25. The molecular formula is C12H11BrFN3O. The first-order chi connectivity index (χ1) is 8.63. The highest BCUT2D eigenvalue weighted by Crippen LogP contribution is 2.26. The summed E-state index contributed by atoms with van der Waals surface area (Å²) in [5.74, 6) is -0.116. The van der Waals surface area contributed by atoms with Crippen LogP contribution in [0.4, 0.5) is 4.39 Å². The zero-order chi connectivity index (χ0) is 12.7. The molecule has 0 aromatic heterocycles. The lowest BCUT2D eigenvalue weighted by atomic mass is 10.1. The van der Waals surface area contributed by atoms with E-state index in [1.807, 2.05) is 0 Å². The van der Waals surface area contributed by atoms with Gasteiger partial charge in [0.2, 0.25) is 0 Å². The molecule has 6 heteroatoms. The van der Waals surface area contributed by atoms with E-state index in [2.05, 4.69) is 31.6 Å². The maximum absolute atomic E-state index is 13.4. The fraction of sp³-hybridized carbons (Fsp3) is 0.333. The van der Waals surface area contributed by atoms with Gasteiger partial charge < -0.3 is 5.32 Å².